The van der Waals surface area contributed by atoms with Crippen molar-refractivity contribution in [2.24, 2.45) is 11.1 Å². The molecule has 1 aromatic heterocycles. The largest absolute Gasteiger partial charge is 0.392 e. The standard InChI is InChI=1S/C11H16N4OS/c12-8(17)11(4-2-1-3-5-11)9(16)15-10-13-6-7-14-10/h6-7H,1-5H2,(H2,12,17)(H2,13,14,15,16). The van der Waals surface area contributed by atoms with Gasteiger partial charge in [-0.05, 0) is 12.8 Å². The van der Waals surface area contributed by atoms with Gasteiger partial charge in [-0.25, -0.2) is 4.98 Å². The number of thiocarbonyl (C=S) groups is 1. The second-order valence-electron chi connectivity index (χ2n) is 4.40. The van der Waals surface area contributed by atoms with E-state index in [1.165, 1.54) is 0 Å². The first-order valence-electron chi connectivity index (χ1n) is 5.76. The van der Waals surface area contributed by atoms with Gasteiger partial charge < -0.3 is 10.7 Å². The van der Waals surface area contributed by atoms with Crippen LogP contribution in [0.5, 0.6) is 0 Å². The third-order valence-corrected chi connectivity index (χ3v) is 3.73. The maximum atomic E-state index is 12.3. The number of hydrogen-bond donors (Lipinski definition) is 3. The van der Waals surface area contributed by atoms with E-state index in [0.29, 0.717) is 10.9 Å². The molecular weight excluding hydrogens is 236 g/mol. The van der Waals surface area contributed by atoms with E-state index in [9.17, 15) is 4.79 Å². The molecule has 5 nitrogen and oxygen atoms in total. The summed E-state index contributed by atoms with van der Waals surface area (Å²) in [4.78, 5) is 19.4. The number of nitrogens with one attached hydrogen (secondary N) is 2. The van der Waals surface area contributed by atoms with Crippen molar-refractivity contribution in [2.75, 3.05) is 5.32 Å². The van der Waals surface area contributed by atoms with Crippen molar-refractivity contribution in [3.63, 3.8) is 0 Å². The van der Waals surface area contributed by atoms with Gasteiger partial charge in [0.25, 0.3) is 0 Å². The predicted molar refractivity (Wildman–Crippen MR) is 69.5 cm³/mol. The first-order chi connectivity index (χ1) is 8.15. The topological polar surface area (TPSA) is 83.8 Å². The van der Waals surface area contributed by atoms with E-state index in [0.717, 1.165) is 32.1 Å². The minimum atomic E-state index is -0.694. The molecule has 0 unspecified atom stereocenters. The summed E-state index contributed by atoms with van der Waals surface area (Å²) in [6.45, 7) is 0. The summed E-state index contributed by atoms with van der Waals surface area (Å²) in [5.41, 5.74) is 5.08. The molecule has 0 saturated heterocycles. The molecule has 1 saturated carbocycles. The molecule has 1 aliphatic rings. The summed E-state index contributed by atoms with van der Waals surface area (Å²) in [6, 6.07) is 0. The van der Waals surface area contributed by atoms with Gasteiger partial charge in [0.15, 0.2) is 0 Å². The average Bonchev–Trinajstić information content (AvgIpc) is 2.82. The van der Waals surface area contributed by atoms with Gasteiger partial charge in [0.2, 0.25) is 11.9 Å². The van der Waals surface area contributed by atoms with Crippen LogP contribution in [0.2, 0.25) is 0 Å². The third-order valence-electron chi connectivity index (χ3n) is 3.34. The van der Waals surface area contributed by atoms with Crippen LogP contribution < -0.4 is 11.1 Å². The number of amides is 1. The van der Waals surface area contributed by atoms with Crippen LogP contribution in [0.25, 0.3) is 0 Å². The van der Waals surface area contributed by atoms with Crippen molar-refractivity contribution >= 4 is 29.1 Å². The number of carbonyl (C=O) groups excluding carboxylic acids is 1. The Morgan fingerprint density at radius 1 is 1.47 bits per heavy atom. The number of nitrogens with two attached hydrogens (primary N) is 1. The molecule has 17 heavy (non-hydrogen) atoms. The number of H-pyrrole nitrogens is 1. The van der Waals surface area contributed by atoms with Crippen LogP contribution in [0.4, 0.5) is 5.95 Å². The first kappa shape index (κ1) is 12.0. The van der Waals surface area contributed by atoms with Gasteiger partial charge in [0.05, 0.1) is 10.4 Å². The number of anilines is 1. The maximum Gasteiger partial charge on any atom is 0.239 e. The molecule has 0 aliphatic heterocycles. The first-order valence-corrected chi connectivity index (χ1v) is 6.17. The van der Waals surface area contributed by atoms with Gasteiger partial charge in [-0.2, -0.15) is 0 Å². The Labute approximate surface area is 105 Å². The molecule has 0 aromatic carbocycles. The summed E-state index contributed by atoms with van der Waals surface area (Å²) in [7, 11) is 0. The number of aromatic nitrogens is 2. The van der Waals surface area contributed by atoms with Gasteiger partial charge in [0.1, 0.15) is 0 Å². The molecule has 0 radical (unpaired) electrons. The lowest BCUT2D eigenvalue weighted by Crippen LogP contribution is -2.47. The summed E-state index contributed by atoms with van der Waals surface area (Å²) in [6.07, 6.45) is 7.82. The fraction of sp³-hybridized carbons (Fsp3) is 0.545. The van der Waals surface area contributed by atoms with E-state index in [4.69, 9.17) is 18.0 Å². The quantitative estimate of drug-likeness (QED) is 0.713. The monoisotopic (exact) mass is 252 g/mol. The number of hydrogen-bond acceptors (Lipinski definition) is 3. The minimum absolute atomic E-state index is 0.139. The zero-order valence-corrected chi connectivity index (χ0v) is 10.3. The van der Waals surface area contributed by atoms with Gasteiger partial charge in [-0.15, -0.1) is 0 Å². The van der Waals surface area contributed by atoms with E-state index < -0.39 is 5.41 Å². The number of nitrogens with zero attached hydrogens (tertiary/aromatic N) is 1. The lowest BCUT2D eigenvalue weighted by molar-refractivity contribution is -0.123. The highest BCUT2D eigenvalue weighted by Gasteiger charge is 2.42. The van der Waals surface area contributed by atoms with Crippen LogP contribution in [-0.2, 0) is 4.79 Å². The van der Waals surface area contributed by atoms with Crippen molar-refractivity contribution in [3.8, 4) is 0 Å². The van der Waals surface area contributed by atoms with Gasteiger partial charge in [0, 0.05) is 12.4 Å². The lowest BCUT2D eigenvalue weighted by Gasteiger charge is -2.34. The highest BCUT2D eigenvalue weighted by molar-refractivity contribution is 7.80. The maximum absolute atomic E-state index is 12.3. The van der Waals surface area contributed by atoms with Gasteiger partial charge in [-0.3, -0.25) is 10.1 Å². The van der Waals surface area contributed by atoms with Crippen LogP contribution in [0.1, 0.15) is 32.1 Å². The van der Waals surface area contributed by atoms with Crippen molar-refractivity contribution in [2.45, 2.75) is 32.1 Å². The van der Waals surface area contributed by atoms with Crippen molar-refractivity contribution < 1.29 is 4.79 Å². The van der Waals surface area contributed by atoms with Gasteiger partial charge in [-0.1, -0.05) is 31.5 Å². The van der Waals surface area contributed by atoms with Crippen LogP contribution in [-0.4, -0.2) is 20.9 Å². The molecular formula is C11H16N4OS. The molecule has 0 bridgehead atoms. The number of carbonyl (C=O) groups is 1. The SMILES string of the molecule is NC(=S)C1(C(=O)Nc2ncc[nH]2)CCCCC1. The Morgan fingerprint density at radius 2 is 2.18 bits per heavy atom. The number of aromatic amines is 1. The summed E-state index contributed by atoms with van der Waals surface area (Å²) in [5.74, 6) is 0.302. The average molecular weight is 252 g/mol. The normalized spacial score (nSPS) is 18.6. The Hall–Kier alpha value is -1.43. The fourth-order valence-electron chi connectivity index (χ4n) is 2.30. The summed E-state index contributed by atoms with van der Waals surface area (Å²) >= 11 is 5.09. The molecule has 1 heterocycles. The van der Waals surface area contributed by atoms with Crippen molar-refractivity contribution in [3.05, 3.63) is 12.4 Å². The Balaban J connectivity index is 2.15. The van der Waals surface area contributed by atoms with E-state index in [1.807, 2.05) is 0 Å². The Kier molecular flexibility index (Phi) is 3.42. The Bertz CT molecular complexity index is 409. The molecule has 1 amide bonds. The van der Waals surface area contributed by atoms with Crippen molar-refractivity contribution in [1.29, 1.82) is 0 Å². The molecule has 92 valence electrons. The van der Waals surface area contributed by atoms with Crippen LogP contribution >= 0.6 is 12.2 Å². The second-order valence-corrected chi connectivity index (χ2v) is 4.84. The summed E-state index contributed by atoms with van der Waals surface area (Å²) in [5, 5.41) is 2.74. The second kappa shape index (κ2) is 4.83. The molecule has 2 rings (SSSR count). The molecule has 4 N–H and O–H groups in total. The number of imidazole rings is 1. The van der Waals surface area contributed by atoms with E-state index in [1.54, 1.807) is 12.4 Å². The highest BCUT2D eigenvalue weighted by Crippen LogP contribution is 2.37. The molecule has 0 spiro atoms. The van der Waals surface area contributed by atoms with Crippen LogP contribution in [0.3, 0.4) is 0 Å². The lowest BCUT2D eigenvalue weighted by atomic mass is 9.73. The van der Waals surface area contributed by atoms with Crippen LogP contribution in [0, 0.1) is 5.41 Å². The molecule has 6 heteroatoms. The smallest absolute Gasteiger partial charge is 0.239 e. The third kappa shape index (κ3) is 2.31. The van der Waals surface area contributed by atoms with Crippen molar-refractivity contribution in [1.82, 2.24) is 9.97 Å². The molecule has 1 fully saturated rings. The zero-order chi connectivity index (χ0) is 12.3. The Morgan fingerprint density at radius 3 is 2.71 bits per heavy atom. The molecule has 1 aliphatic carbocycles. The minimum Gasteiger partial charge on any atom is -0.392 e. The predicted octanol–water partition coefficient (Wildman–Crippen LogP) is 1.58. The molecule has 0 atom stereocenters. The van der Waals surface area contributed by atoms with Crippen LogP contribution in [0.15, 0.2) is 12.4 Å². The van der Waals surface area contributed by atoms with E-state index in [-0.39, 0.29) is 5.91 Å². The summed E-state index contributed by atoms with van der Waals surface area (Å²) < 4.78 is 0. The fourth-order valence-corrected chi connectivity index (χ4v) is 2.60. The highest BCUT2D eigenvalue weighted by atomic mass is 32.1. The van der Waals surface area contributed by atoms with E-state index >= 15 is 0 Å². The number of rotatable bonds is 3. The van der Waals surface area contributed by atoms with E-state index in [2.05, 4.69) is 15.3 Å². The molecule has 1 aromatic rings. The van der Waals surface area contributed by atoms with Gasteiger partial charge >= 0.3 is 0 Å². The zero-order valence-electron chi connectivity index (χ0n) is 9.53.